The van der Waals surface area contributed by atoms with Crippen molar-refractivity contribution in [2.75, 3.05) is 0 Å². The number of benzene rings is 1. The van der Waals surface area contributed by atoms with Crippen molar-refractivity contribution in [2.45, 2.75) is 36.9 Å². The van der Waals surface area contributed by atoms with Gasteiger partial charge in [-0.25, -0.2) is 4.99 Å². The number of rotatable bonds is 1. The van der Waals surface area contributed by atoms with Gasteiger partial charge in [-0.2, -0.15) is 0 Å². The molecule has 0 radical (unpaired) electrons. The van der Waals surface area contributed by atoms with Gasteiger partial charge in [-0.3, -0.25) is 0 Å². The predicted octanol–water partition coefficient (Wildman–Crippen LogP) is 4.72. The Morgan fingerprint density at radius 3 is 2.53 bits per heavy atom. The number of thioether (sulfide) groups is 1. The molecule has 1 fully saturated rings. The maximum absolute atomic E-state index is 4.70. The van der Waals surface area contributed by atoms with Crippen LogP contribution < -0.4 is 0 Å². The van der Waals surface area contributed by atoms with Crippen LogP contribution in [0.4, 0.5) is 5.69 Å². The Labute approximate surface area is 107 Å². The summed E-state index contributed by atoms with van der Waals surface area (Å²) in [7, 11) is 0. The summed E-state index contributed by atoms with van der Waals surface area (Å²) < 4.78 is 0.381. The quantitative estimate of drug-likeness (QED) is 0.695. The van der Waals surface area contributed by atoms with Crippen molar-refractivity contribution in [3.63, 3.8) is 0 Å². The monoisotopic (exact) mass is 243 g/mol. The molecule has 0 unspecified atom stereocenters. The van der Waals surface area contributed by atoms with Gasteiger partial charge in [0.05, 0.1) is 10.7 Å². The SMILES string of the molecule is C1=CC2(CCCCC2)SC1=Nc1ccccc1. The van der Waals surface area contributed by atoms with E-state index in [1.165, 1.54) is 37.1 Å². The van der Waals surface area contributed by atoms with Crippen LogP contribution in [0.5, 0.6) is 0 Å². The third-order valence-electron chi connectivity index (χ3n) is 3.53. The van der Waals surface area contributed by atoms with E-state index in [0.29, 0.717) is 4.75 Å². The molecule has 2 aliphatic rings. The second-order valence-electron chi connectivity index (χ2n) is 4.85. The molecule has 17 heavy (non-hydrogen) atoms. The van der Waals surface area contributed by atoms with Crippen molar-refractivity contribution in [3.05, 3.63) is 42.5 Å². The van der Waals surface area contributed by atoms with Crippen molar-refractivity contribution >= 4 is 22.5 Å². The van der Waals surface area contributed by atoms with Gasteiger partial charge in [-0.1, -0.05) is 55.3 Å². The molecule has 88 valence electrons. The van der Waals surface area contributed by atoms with Crippen molar-refractivity contribution in [3.8, 4) is 0 Å². The maximum atomic E-state index is 4.70. The fourth-order valence-electron chi connectivity index (χ4n) is 2.61. The second-order valence-corrected chi connectivity index (χ2v) is 6.28. The molecule has 0 bridgehead atoms. The number of para-hydroxylation sites is 1. The summed E-state index contributed by atoms with van der Waals surface area (Å²) in [5.74, 6) is 0. The highest BCUT2D eigenvalue weighted by Gasteiger charge is 2.34. The molecule has 1 saturated carbocycles. The Hall–Kier alpha value is -1.02. The average molecular weight is 243 g/mol. The van der Waals surface area contributed by atoms with Gasteiger partial charge in [0.25, 0.3) is 0 Å². The molecule has 3 rings (SSSR count). The standard InChI is InChI=1S/C15H17NS/c1-3-7-13(8-4-1)16-14-9-12-15(17-14)10-5-2-6-11-15/h1,3-4,7-9,12H,2,5-6,10-11H2. The lowest BCUT2D eigenvalue weighted by atomic mass is 9.88. The molecule has 1 spiro atoms. The van der Waals surface area contributed by atoms with Gasteiger partial charge in [0, 0.05) is 4.75 Å². The van der Waals surface area contributed by atoms with Crippen molar-refractivity contribution < 1.29 is 0 Å². The van der Waals surface area contributed by atoms with Gasteiger partial charge in [0.1, 0.15) is 0 Å². The van der Waals surface area contributed by atoms with Crippen LogP contribution in [0.2, 0.25) is 0 Å². The first kappa shape index (κ1) is 11.1. The molecule has 1 heterocycles. The maximum Gasteiger partial charge on any atom is 0.0972 e. The zero-order valence-corrected chi connectivity index (χ0v) is 10.7. The highest BCUT2D eigenvalue weighted by Crippen LogP contribution is 2.45. The molecule has 0 N–H and O–H groups in total. The molecule has 1 aliphatic carbocycles. The number of nitrogens with zero attached hydrogens (tertiary/aromatic N) is 1. The zero-order chi connectivity index (χ0) is 11.6. The van der Waals surface area contributed by atoms with Crippen LogP contribution in [0.1, 0.15) is 32.1 Å². The highest BCUT2D eigenvalue weighted by molar-refractivity contribution is 8.16. The second kappa shape index (κ2) is 4.69. The van der Waals surface area contributed by atoms with E-state index in [9.17, 15) is 0 Å². The Kier molecular flexibility index (Phi) is 3.06. The van der Waals surface area contributed by atoms with E-state index in [0.717, 1.165) is 5.69 Å². The van der Waals surface area contributed by atoms with Gasteiger partial charge in [-0.05, 0) is 31.1 Å². The van der Waals surface area contributed by atoms with E-state index in [1.54, 1.807) is 0 Å². The van der Waals surface area contributed by atoms with E-state index >= 15 is 0 Å². The molecule has 0 atom stereocenters. The summed E-state index contributed by atoms with van der Waals surface area (Å²) in [6, 6.07) is 10.2. The first-order valence-corrected chi connectivity index (χ1v) is 7.20. The lowest BCUT2D eigenvalue weighted by molar-refractivity contribution is 0.455. The minimum Gasteiger partial charge on any atom is -0.242 e. The third-order valence-corrected chi connectivity index (χ3v) is 4.92. The van der Waals surface area contributed by atoms with Crippen LogP contribution >= 0.6 is 11.8 Å². The first-order chi connectivity index (χ1) is 8.36. The Morgan fingerprint density at radius 1 is 1.00 bits per heavy atom. The highest BCUT2D eigenvalue weighted by atomic mass is 32.2. The molecule has 0 amide bonds. The van der Waals surface area contributed by atoms with Crippen LogP contribution in [-0.4, -0.2) is 9.79 Å². The van der Waals surface area contributed by atoms with Crippen molar-refractivity contribution in [1.82, 2.24) is 0 Å². The molecule has 1 nitrogen and oxygen atoms in total. The fraction of sp³-hybridized carbons (Fsp3) is 0.400. The van der Waals surface area contributed by atoms with Gasteiger partial charge in [0.15, 0.2) is 0 Å². The molecule has 1 aromatic rings. The van der Waals surface area contributed by atoms with Crippen LogP contribution in [0.3, 0.4) is 0 Å². The zero-order valence-electron chi connectivity index (χ0n) is 9.93. The van der Waals surface area contributed by atoms with E-state index in [2.05, 4.69) is 24.3 Å². The first-order valence-electron chi connectivity index (χ1n) is 6.38. The lowest BCUT2D eigenvalue weighted by Crippen LogP contribution is -2.23. The van der Waals surface area contributed by atoms with E-state index in [-0.39, 0.29) is 0 Å². The summed E-state index contributed by atoms with van der Waals surface area (Å²) in [5, 5.41) is 1.18. The van der Waals surface area contributed by atoms with Crippen molar-refractivity contribution in [1.29, 1.82) is 0 Å². The Bertz CT molecular complexity index is 441. The summed E-state index contributed by atoms with van der Waals surface area (Å²) in [6.45, 7) is 0. The molecular formula is C15H17NS. The molecule has 2 heteroatoms. The molecule has 0 aromatic heterocycles. The van der Waals surface area contributed by atoms with Crippen LogP contribution in [0.15, 0.2) is 47.5 Å². The average Bonchev–Trinajstić information content (AvgIpc) is 2.74. The minimum absolute atomic E-state index is 0.381. The third kappa shape index (κ3) is 2.47. The minimum atomic E-state index is 0.381. The fourth-order valence-corrected chi connectivity index (χ4v) is 3.94. The molecular weight excluding hydrogens is 226 g/mol. The van der Waals surface area contributed by atoms with Gasteiger partial charge >= 0.3 is 0 Å². The van der Waals surface area contributed by atoms with Gasteiger partial charge in [-0.15, -0.1) is 0 Å². The van der Waals surface area contributed by atoms with Gasteiger partial charge < -0.3 is 0 Å². The summed E-state index contributed by atoms with van der Waals surface area (Å²) in [6.07, 6.45) is 11.4. The normalized spacial score (nSPS) is 24.6. The van der Waals surface area contributed by atoms with E-state index in [4.69, 9.17) is 4.99 Å². The van der Waals surface area contributed by atoms with Crippen molar-refractivity contribution in [2.24, 2.45) is 4.99 Å². The summed E-state index contributed by atoms with van der Waals surface area (Å²) in [5.41, 5.74) is 1.06. The largest absolute Gasteiger partial charge is 0.242 e. The van der Waals surface area contributed by atoms with Crippen LogP contribution in [0.25, 0.3) is 0 Å². The van der Waals surface area contributed by atoms with E-state index < -0.39 is 0 Å². The van der Waals surface area contributed by atoms with Crippen LogP contribution in [-0.2, 0) is 0 Å². The molecule has 1 aromatic carbocycles. The molecule has 0 saturated heterocycles. The Morgan fingerprint density at radius 2 is 1.76 bits per heavy atom. The van der Waals surface area contributed by atoms with E-state index in [1.807, 2.05) is 30.0 Å². The predicted molar refractivity (Wildman–Crippen MR) is 76.1 cm³/mol. The summed E-state index contributed by atoms with van der Waals surface area (Å²) >= 11 is 1.97. The topological polar surface area (TPSA) is 12.4 Å². The molecule has 1 aliphatic heterocycles. The Balaban J connectivity index is 1.76. The number of hydrogen-bond donors (Lipinski definition) is 0. The smallest absolute Gasteiger partial charge is 0.0972 e. The number of aliphatic imine (C=N–C) groups is 1. The van der Waals surface area contributed by atoms with Gasteiger partial charge in [0.2, 0.25) is 0 Å². The van der Waals surface area contributed by atoms with Crippen LogP contribution in [0, 0.1) is 0 Å². The summed E-state index contributed by atoms with van der Waals surface area (Å²) in [4.78, 5) is 4.70. The lowest BCUT2D eigenvalue weighted by Gasteiger charge is -2.30. The number of hydrogen-bond acceptors (Lipinski definition) is 2.